The number of amides is 1. The lowest BCUT2D eigenvalue weighted by Crippen LogP contribution is -2.17. The van der Waals surface area contributed by atoms with E-state index in [1.165, 1.54) is 11.3 Å². The van der Waals surface area contributed by atoms with Gasteiger partial charge in [0.25, 0.3) is 0 Å². The van der Waals surface area contributed by atoms with E-state index in [-0.39, 0.29) is 10.8 Å². The largest absolute Gasteiger partial charge is 0.370 e. The Kier molecular flexibility index (Phi) is 3.25. The number of primary amides is 1. The molecule has 0 spiro atoms. The van der Waals surface area contributed by atoms with Crippen LogP contribution in [0.15, 0.2) is 10.2 Å². The van der Waals surface area contributed by atoms with Crippen LogP contribution in [0.5, 0.6) is 0 Å². The molecule has 0 aliphatic rings. The van der Waals surface area contributed by atoms with Crippen LogP contribution >= 0.6 is 11.3 Å². The Morgan fingerprint density at radius 3 is 2.85 bits per heavy atom. The van der Waals surface area contributed by atoms with Gasteiger partial charge in [0.1, 0.15) is 0 Å². The monoisotopic (exact) mass is 200 g/mol. The summed E-state index contributed by atoms with van der Waals surface area (Å²) in [6, 6.07) is 0. The number of carbonyl (C=O) groups is 1. The van der Waals surface area contributed by atoms with E-state index in [0.717, 1.165) is 5.69 Å². The smallest absolute Gasteiger partial charge is 0.307 e. The highest BCUT2D eigenvalue weighted by Crippen LogP contribution is 2.01. The number of aromatic nitrogens is 1. The van der Waals surface area contributed by atoms with Crippen LogP contribution in [0.25, 0.3) is 0 Å². The van der Waals surface area contributed by atoms with Gasteiger partial charge in [-0.2, -0.15) is 0 Å². The third-order valence-corrected chi connectivity index (χ3v) is 2.66. The molecule has 0 aromatic carbocycles. The van der Waals surface area contributed by atoms with Crippen molar-refractivity contribution in [2.45, 2.75) is 26.3 Å². The molecule has 5 heteroatoms. The summed E-state index contributed by atoms with van der Waals surface area (Å²) in [5, 5.41) is 1.81. The molecule has 0 fully saturated rings. The van der Waals surface area contributed by atoms with E-state index in [4.69, 9.17) is 5.73 Å². The third-order valence-electron chi connectivity index (χ3n) is 1.78. The van der Waals surface area contributed by atoms with Gasteiger partial charge in [0.2, 0.25) is 5.91 Å². The number of thiazole rings is 1. The Morgan fingerprint density at radius 2 is 2.38 bits per heavy atom. The zero-order chi connectivity index (χ0) is 9.84. The average molecular weight is 200 g/mol. The molecule has 0 saturated heterocycles. The summed E-state index contributed by atoms with van der Waals surface area (Å²) in [4.78, 5) is 21.6. The van der Waals surface area contributed by atoms with Crippen molar-refractivity contribution in [1.82, 2.24) is 4.57 Å². The van der Waals surface area contributed by atoms with Gasteiger partial charge in [-0.25, -0.2) is 0 Å². The van der Waals surface area contributed by atoms with Crippen LogP contribution in [-0.2, 0) is 11.3 Å². The Balaban J connectivity index is 2.54. The summed E-state index contributed by atoms with van der Waals surface area (Å²) in [6.07, 6.45) is 0.967. The molecule has 1 heterocycles. The summed E-state index contributed by atoms with van der Waals surface area (Å²) < 4.78 is 1.66. The Bertz CT molecular complexity index is 353. The Morgan fingerprint density at radius 1 is 1.69 bits per heavy atom. The minimum atomic E-state index is -0.319. The van der Waals surface area contributed by atoms with Crippen LogP contribution in [0.2, 0.25) is 0 Å². The molecule has 1 amide bonds. The van der Waals surface area contributed by atoms with Crippen LogP contribution in [0.1, 0.15) is 18.5 Å². The quantitative estimate of drug-likeness (QED) is 0.768. The number of nitrogens with two attached hydrogens (primary N) is 1. The van der Waals surface area contributed by atoms with Gasteiger partial charge in [0, 0.05) is 24.0 Å². The van der Waals surface area contributed by atoms with E-state index in [1.54, 1.807) is 4.57 Å². The summed E-state index contributed by atoms with van der Waals surface area (Å²) in [7, 11) is 0. The summed E-state index contributed by atoms with van der Waals surface area (Å²) in [5.41, 5.74) is 5.93. The number of nitrogens with zero attached hydrogens (tertiary/aromatic N) is 1. The Labute approximate surface area is 80.0 Å². The first kappa shape index (κ1) is 9.98. The molecule has 0 bridgehead atoms. The zero-order valence-corrected chi connectivity index (χ0v) is 8.26. The summed E-state index contributed by atoms with van der Waals surface area (Å²) in [6.45, 7) is 2.46. The maximum absolute atomic E-state index is 11.2. The van der Waals surface area contributed by atoms with Gasteiger partial charge < -0.3 is 10.3 Å². The normalized spacial score (nSPS) is 10.2. The van der Waals surface area contributed by atoms with E-state index in [2.05, 4.69) is 0 Å². The average Bonchev–Trinajstić information content (AvgIpc) is 2.34. The molecular formula is C8H12N2O2S. The number of hydrogen-bond acceptors (Lipinski definition) is 3. The zero-order valence-electron chi connectivity index (χ0n) is 7.45. The summed E-state index contributed by atoms with van der Waals surface area (Å²) in [5.74, 6) is -0.319. The van der Waals surface area contributed by atoms with E-state index in [9.17, 15) is 9.59 Å². The van der Waals surface area contributed by atoms with E-state index in [0.29, 0.717) is 19.4 Å². The van der Waals surface area contributed by atoms with Crippen LogP contribution in [0, 0.1) is 6.92 Å². The van der Waals surface area contributed by atoms with Crippen molar-refractivity contribution in [3.63, 3.8) is 0 Å². The van der Waals surface area contributed by atoms with Crippen molar-refractivity contribution in [2.24, 2.45) is 5.73 Å². The lowest BCUT2D eigenvalue weighted by Gasteiger charge is -2.01. The van der Waals surface area contributed by atoms with Gasteiger partial charge in [0.05, 0.1) is 0 Å². The second-order valence-corrected chi connectivity index (χ2v) is 3.69. The molecule has 0 saturated carbocycles. The molecule has 1 aromatic rings. The second kappa shape index (κ2) is 4.23. The van der Waals surface area contributed by atoms with Crippen molar-refractivity contribution in [3.05, 3.63) is 20.7 Å². The number of rotatable bonds is 4. The van der Waals surface area contributed by atoms with Gasteiger partial charge in [-0.1, -0.05) is 11.3 Å². The molecule has 2 N–H and O–H groups in total. The maximum Gasteiger partial charge on any atom is 0.307 e. The highest BCUT2D eigenvalue weighted by Gasteiger charge is 2.02. The molecule has 0 unspecified atom stereocenters. The van der Waals surface area contributed by atoms with Crippen LogP contribution < -0.4 is 10.6 Å². The van der Waals surface area contributed by atoms with Crippen molar-refractivity contribution in [2.75, 3.05) is 0 Å². The fourth-order valence-electron chi connectivity index (χ4n) is 1.09. The Hall–Kier alpha value is -1.10. The molecule has 0 aliphatic heterocycles. The lowest BCUT2D eigenvalue weighted by molar-refractivity contribution is -0.118. The van der Waals surface area contributed by atoms with Crippen molar-refractivity contribution in [1.29, 1.82) is 0 Å². The second-order valence-electron chi connectivity index (χ2n) is 2.86. The molecule has 0 radical (unpaired) electrons. The minimum Gasteiger partial charge on any atom is -0.370 e. The number of aryl methyl sites for hydroxylation is 1. The van der Waals surface area contributed by atoms with Crippen LogP contribution in [0.3, 0.4) is 0 Å². The minimum absolute atomic E-state index is 0.0296. The molecule has 4 nitrogen and oxygen atoms in total. The first-order valence-electron chi connectivity index (χ1n) is 4.04. The van der Waals surface area contributed by atoms with Gasteiger partial charge in [-0.3, -0.25) is 9.59 Å². The topological polar surface area (TPSA) is 65.1 Å². The van der Waals surface area contributed by atoms with E-state index in [1.807, 2.05) is 12.3 Å². The highest BCUT2D eigenvalue weighted by molar-refractivity contribution is 7.07. The van der Waals surface area contributed by atoms with Gasteiger partial charge >= 0.3 is 4.87 Å². The number of carbonyl (C=O) groups excluding carboxylic acids is 1. The molecule has 72 valence electrons. The molecule has 1 aromatic heterocycles. The van der Waals surface area contributed by atoms with Crippen molar-refractivity contribution < 1.29 is 4.79 Å². The summed E-state index contributed by atoms with van der Waals surface area (Å²) >= 11 is 1.18. The van der Waals surface area contributed by atoms with Crippen molar-refractivity contribution >= 4 is 17.2 Å². The predicted molar refractivity (Wildman–Crippen MR) is 51.7 cm³/mol. The van der Waals surface area contributed by atoms with E-state index < -0.39 is 0 Å². The third kappa shape index (κ3) is 2.69. The maximum atomic E-state index is 11.2. The van der Waals surface area contributed by atoms with Gasteiger partial charge in [-0.05, 0) is 13.3 Å². The number of hydrogen-bond donors (Lipinski definition) is 1. The fraction of sp³-hybridized carbons (Fsp3) is 0.500. The van der Waals surface area contributed by atoms with Crippen LogP contribution in [-0.4, -0.2) is 10.5 Å². The fourth-order valence-corrected chi connectivity index (χ4v) is 1.85. The first-order chi connectivity index (χ1) is 6.11. The SMILES string of the molecule is Cc1csc(=O)n1CCCC(N)=O. The predicted octanol–water partition coefficient (Wildman–Crippen LogP) is 0.484. The van der Waals surface area contributed by atoms with Crippen molar-refractivity contribution in [3.8, 4) is 0 Å². The van der Waals surface area contributed by atoms with E-state index >= 15 is 0 Å². The van der Waals surface area contributed by atoms with Crippen LogP contribution in [0.4, 0.5) is 0 Å². The van der Waals surface area contributed by atoms with Gasteiger partial charge in [0.15, 0.2) is 0 Å². The molecular weight excluding hydrogens is 188 g/mol. The molecule has 13 heavy (non-hydrogen) atoms. The molecule has 1 rings (SSSR count). The molecule has 0 atom stereocenters. The lowest BCUT2D eigenvalue weighted by atomic mass is 10.3. The van der Waals surface area contributed by atoms with Gasteiger partial charge in [-0.15, -0.1) is 0 Å². The molecule has 0 aliphatic carbocycles. The standard InChI is InChI=1S/C8H12N2O2S/c1-6-5-13-8(12)10(6)4-2-3-7(9)11/h5H,2-4H2,1H3,(H2,9,11). The first-order valence-corrected chi connectivity index (χ1v) is 4.92. The highest BCUT2D eigenvalue weighted by atomic mass is 32.1.